The summed E-state index contributed by atoms with van der Waals surface area (Å²) in [5.41, 5.74) is 1.80. The second kappa shape index (κ2) is 10.7. The third-order valence-corrected chi connectivity index (χ3v) is 8.68. The zero-order valence-electron chi connectivity index (χ0n) is 20.6. The van der Waals surface area contributed by atoms with E-state index in [-0.39, 0.29) is 28.0 Å². The van der Waals surface area contributed by atoms with Crippen LogP contribution in [0.5, 0.6) is 0 Å². The first-order valence-electron chi connectivity index (χ1n) is 12.0. The zero-order chi connectivity index (χ0) is 26.9. The van der Waals surface area contributed by atoms with Gasteiger partial charge in [-0.05, 0) is 48.0 Å². The van der Waals surface area contributed by atoms with Gasteiger partial charge in [0.2, 0.25) is 10.0 Å². The van der Waals surface area contributed by atoms with Crippen molar-refractivity contribution in [3.63, 3.8) is 0 Å². The molecule has 0 amide bonds. The lowest BCUT2D eigenvalue weighted by Crippen LogP contribution is -2.40. The van der Waals surface area contributed by atoms with Gasteiger partial charge in [0.1, 0.15) is 5.69 Å². The number of carbonyl (C=O) groups excluding carboxylic acids is 1. The summed E-state index contributed by atoms with van der Waals surface area (Å²) in [7, 11) is -2.40. The zero-order valence-corrected chi connectivity index (χ0v) is 22.2. The smallest absolute Gasteiger partial charge is 0.355 e. The fraction of sp³-hybridized carbons (Fsp3) is 0.214. The second-order valence-electron chi connectivity index (χ2n) is 8.82. The molecule has 0 saturated carbocycles. The molecule has 1 aliphatic rings. The van der Waals surface area contributed by atoms with Gasteiger partial charge in [-0.3, -0.25) is 4.79 Å². The summed E-state index contributed by atoms with van der Waals surface area (Å²) in [6, 6.07) is 20.5. The normalized spacial score (nSPS) is 14.5. The molecule has 0 aliphatic carbocycles. The van der Waals surface area contributed by atoms with Gasteiger partial charge in [-0.25, -0.2) is 13.2 Å². The van der Waals surface area contributed by atoms with Gasteiger partial charge < -0.3 is 14.0 Å². The van der Waals surface area contributed by atoms with Crippen LogP contribution in [0.25, 0.3) is 16.6 Å². The van der Waals surface area contributed by atoms with E-state index in [1.54, 1.807) is 34.9 Å². The van der Waals surface area contributed by atoms with E-state index in [1.807, 2.05) is 30.3 Å². The summed E-state index contributed by atoms with van der Waals surface area (Å²) in [4.78, 5) is 27.0. The molecule has 1 fully saturated rings. The number of halogens is 1. The van der Waals surface area contributed by atoms with E-state index in [9.17, 15) is 18.0 Å². The molecule has 8 nitrogen and oxygen atoms in total. The number of esters is 1. The molecule has 5 rings (SSSR count). The molecule has 0 unspecified atom stereocenters. The fourth-order valence-electron chi connectivity index (χ4n) is 4.65. The largest absolute Gasteiger partial charge is 0.464 e. The van der Waals surface area contributed by atoms with Crippen molar-refractivity contribution < 1.29 is 22.7 Å². The molecule has 0 atom stereocenters. The second-order valence-corrected chi connectivity index (χ2v) is 11.2. The van der Waals surface area contributed by atoms with Crippen molar-refractivity contribution in [2.75, 3.05) is 33.4 Å². The van der Waals surface area contributed by atoms with Crippen molar-refractivity contribution in [2.45, 2.75) is 11.3 Å². The quantitative estimate of drug-likeness (QED) is 0.335. The standard InChI is InChI=1S/C28H25ClN2O6S/c1-36-28(33)26-24(17-19-7-10-22(11-8-19)38(34,35)30-13-15-37-16-14-30)27(32)23-12-9-20(29)18-25(23)31(26)21-5-3-2-4-6-21/h2-12,18H,13-17H2,1H3. The van der Waals surface area contributed by atoms with E-state index in [1.165, 1.54) is 23.5 Å². The Kier molecular flexibility index (Phi) is 7.36. The van der Waals surface area contributed by atoms with Crippen LogP contribution in [0, 0.1) is 0 Å². The predicted octanol–water partition coefficient (Wildman–Crippen LogP) is 4.04. The van der Waals surface area contributed by atoms with Crippen LogP contribution < -0.4 is 5.43 Å². The fourth-order valence-corrected chi connectivity index (χ4v) is 6.22. The van der Waals surface area contributed by atoms with Gasteiger partial charge in [-0.2, -0.15) is 4.31 Å². The van der Waals surface area contributed by atoms with Gasteiger partial charge in [0.05, 0.1) is 30.7 Å². The van der Waals surface area contributed by atoms with Gasteiger partial charge in [-0.1, -0.05) is 41.9 Å². The molecule has 196 valence electrons. The Morgan fingerprint density at radius 3 is 2.34 bits per heavy atom. The molecule has 4 aromatic rings. The number of ether oxygens (including phenoxy) is 2. The summed E-state index contributed by atoms with van der Waals surface area (Å²) < 4.78 is 39.5. The highest BCUT2D eigenvalue weighted by atomic mass is 35.5. The number of aromatic nitrogens is 1. The number of sulfonamides is 1. The third kappa shape index (κ3) is 4.86. The Hall–Kier alpha value is -3.50. The number of benzene rings is 3. The highest BCUT2D eigenvalue weighted by Gasteiger charge is 2.27. The molecule has 10 heteroatoms. The number of fused-ring (bicyclic) bond motifs is 1. The molecule has 0 radical (unpaired) electrons. The van der Waals surface area contributed by atoms with E-state index in [4.69, 9.17) is 21.1 Å². The Balaban J connectivity index is 1.64. The van der Waals surface area contributed by atoms with Crippen LogP contribution in [0.15, 0.2) is 82.5 Å². The average Bonchev–Trinajstić information content (AvgIpc) is 2.95. The molecule has 0 N–H and O–H groups in total. The predicted molar refractivity (Wildman–Crippen MR) is 145 cm³/mol. The van der Waals surface area contributed by atoms with E-state index in [2.05, 4.69) is 0 Å². The summed E-state index contributed by atoms with van der Waals surface area (Å²) in [5.74, 6) is -0.672. The maximum atomic E-state index is 13.7. The number of rotatable bonds is 6. The van der Waals surface area contributed by atoms with Crippen LogP contribution in [0.1, 0.15) is 21.6 Å². The number of para-hydroxylation sites is 1. The van der Waals surface area contributed by atoms with Gasteiger partial charge in [-0.15, -0.1) is 0 Å². The van der Waals surface area contributed by atoms with Crippen LogP contribution in [0.2, 0.25) is 5.02 Å². The lowest BCUT2D eigenvalue weighted by Gasteiger charge is -2.26. The van der Waals surface area contributed by atoms with Crippen LogP contribution in [-0.4, -0.2) is 56.7 Å². The molecule has 0 bridgehead atoms. The summed E-state index contributed by atoms with van der Waals surface area (Å²) >= 11 is 6.28. The lowest BCUT2D eigenvalue weighted by molar-refractivity contribution is 0.0590. The monoisotopic (exact) mass is 552 g/mol. The highest BCUT2D eigenvalue weighted by Crippen LogP contribution is 2.27. The van der Waals surface area contributed by atoms with Gasteiger partial charge in [0, 0.05) is 41.2 Å². The topological polar surface area (TPSA) is 94.9 Å². The Morgan fingerprint density at radius 1 is 1.00 bits per heavy atom. The summed E-state index contributed by atoms with van der Waals surface area (Å²) in [6.45, 7) is 1.31. The van der Waals surface area contributed by atoms with Crippen LogP contribution in [0.4, 0.5) is 0 Å². The minimum Gasteiger partial charge on any atom is -0.464 e. The number of pyridine rings is 1. The summed E-state index contributed by atoms with van der Waals surface area (Å²) in [6.07, 6.45) is 0.0898. The number of nitrogens with zero attached hydrogens (tertiary/aromatic N) is 2. The summed E-state index contributed by atoms with van der Waals surface area (Å²) in [5, 5.41) is 0.814. The molecule has 1 aliphatic heterocycles. The maximum absolute atomic E-state index is 13.7. The van der Waals surface area contributed by atoms with E-state index in [0.717, 1.165) is 0 Å². The molecule has 3 aromatic carbocycles. The first-order valence-corrected chi connectivity index (χ1v) is 13.8. The number of hydrogen-bond donors (Lipinski definition) is 0. The Labute approximate surface area is 225 Å². The van der Waals surface area contributed by atoms with Gasteiger partial charge in [0.15, 0.2) is 5.43 Å². The number of methoxy groups -OCH3 is 1. The molecule has 1 aromatic heterocycles. The van der Waals surface area contributed by atoms with Crippen molar-refractivity contribution in [3.8, 4) is 5.69 Å². The van der Waals surface area contributed by atoms with Crippen molar-refractivity contribution in [2.24, 2.45) is 0 Å². The van der Waals surface area contributed by atoms with Crippen LogP contribution >= 0.6 is 11.6 Å². The van der Waals surface area contributed by atoms with Crippen molar-refractivity contribution in [1.82, 2.24) is 8.87 Å². The molecular formula is C28H25ClN2O6S. The van der Waals surface area contributed by atoms with Crippen molar-refractivity contribution in [3.05, 3.63) is 105 Å². The number of hydrogen-bond acceptors (Lipinski definition) is 6. The first-order chi connectivity index (χ1) is 18.3. The van der Waals surface area contributed by atoms with Crippen LogP contribution in [0.3, 0.4) is 0 Å². The minimum atomic E-state index is -3.66. The molecule has 38 heavy (non-hydrogen) atoms. The van der Waals surface area contributed by atoms with E-state index in [0.29, 0.717) is 53.5 Å². The minimum absolute atomic E-state index is 0.0866. The average molecular weight is 553 g/mol. The molecule has 2 heterocycles. The molecule has 0 spiro atoms. The maximum Gasteiger partial charge on any atom is 0.355 e. The number of morpholine rings is 1. The van der Waals surface area contributed by atoms with Gasteiger partial charge >= 0.3 is 5.97 Å². The van der Waals surface area contributed by atoms with Crippen molar-refractivity contribution >= 4 is 38.5 Å². The molecule has 1 saturated heterocycles. The lowest BCUT2D eigenvalue weighted by atomic mass is 9.99. The van der Waals surface area contributed by atoms with Crippen LogP contribution in [-0.2, 0) is 25.9 Å². The third-order valence-electron chi connectivity index (χ3n) is 6.53. The molecular weight excluding hydrogens is 528 g/mol. The van der Waals surface area contributed by atoms with E-state index < -0.39 is 16.0 Å². The highest BCUT2D eigenvalue weighted by molar-refractivity contribution is 7.89. The Morgan fingerprint density at radius 2 is 1.68 bits per heavy atom. The SMILES string of the molecule is COC(=O)c1c(Cc2ccc(S(=O)(=O)N3CCOCC3)cc2)c(=O)c2ccc(Cl)cc2n1-c1ccccc1. The van der Waals surface area contributed by atoms with E-state index >= 15 is 0 Å². The van der Waals surface area contributed by atoms with Crippen molar-refractivity contribution in [1.29, 1.82) is 0 Å². The number of carbonyl (C=O) groups is 1. The first kappa shape index (κ1) is 26.1. The van der Waals surface area contributed by atoms with Gasteiger partial charge in [0.25, 0.3) is 0 Å². The Bertz CT molecular complexity index is 1660.